The first-order valence-corrected chi connectivity index (χ1v) is 6.22. The Kier molecular flexibility index (Phi) is 13.6. The molecular formula is C12H26O4Ti. The number of aliphatic hydroxyl groups is 1. The van der Waals surface area contributed by atoms with Gasteiger partial charge in [0.15, 0.2) is 0 Å². The third-order valence-corrected chi connectivity index (χ3v) is 2.11. The molecule has 17 heavy (non-hydrogen) atoms. The van der Waals surface area contributed by atoms with Crippen molar-refractivity contribution in [3.8, 4) is 0 Å². The van der Waals surface area contributed by atoms with Crippen molar-refractivity contribution in [2.24, 2.45) is 0 Å². The summed E-state index contributed by atoms with van der Waals surface area (Å²) in [5, 5.41) is 10.2. The quantitative estimate of drug-likeness (QED) is 0.493. The van der Waals surface area contributed by atoms with E-state index < -0.39 is 12.1 Å². The predicted molar refractivity (Wildman–Crippen MR) is 63.1 cm³/mol. The van der Waals surface area contributed by atoms with Gasteiger partial charge in [0, 0.05) is 28.3 Å². The van der Waals surface area contributed by atoms with Gasteiger partial charge in [-0.2, -0.15) is 0 Å². The molecule has 0 fully saturated rings. The normalized spacial score (nSPS) is 13.2. The average molecular weight is 282 g/mol. The molecule has 4 nitrogen and oxygen atoms in total. The van der Waals surface area contributed by atoms with Crippen molar-refractivity contribution in [3.63, 3.8) is 0 Å². The van der Waals surface area contributed by atoms with Gasteiger partial charge in [0.2, 0.25) is 0 Å². The van der Waals surface area contributed by atoms with Gasteiger partial charge >= 0.3 is 5.97 Å². The third-order valence-electron chi connectivity index (χ3n) is 2.11. The van der Waals surface area contributed by atoms with Gasteiger partial charge in [-0.25, -0.2) is 0 Å². The summed E-state index contributed by atoms with van der Waals surface area (Å²) in [7, 11) is 0. The third kappa shape index (κ3) is 8.30. The Balaban J connectivity index is 0. The number of hydrogen-bond donors (Lipinski definition) is 1. The fourth-order valence-electron chi connectivity index (χ4n) is 1.17. The molecule has 1 N–H and O–H groups in total. The molecule has 0 aliphatic carbocycles. The number of rotatable bonds is 10. The van der Waals surface area contributed by atoms with Gasteiger partial charge < -0.3 is 19.3 Å². The Bertz CT molecular complexity index is 159. The van der Waals surface area contributed by atoms with E-state index in [-0.39, 0.29) is 21.7 Å². The average Bonchev–Trinajstić information content (AvgIpc) is 2.30. The first-order valence-electron chi connectivity index (χ1n) is 6.22. The van der Waals surface area contributed by atoms with Crippen LogP contribution in [-0.2, 0) is 35.9 Å². The topological polar surface area (TPSA) is 47.9 Å². The van der Waals surface area contributed by atoms with Crippen LogP contribution < -0.4 is 0 Å². The minimum atomic E-state index is -1.61. The Hall–Kier alpha value is 0.554. The van der Waals surface area contributed by atoms with E-state index in [0.29, 0.717) is 19.8 Å². The second-order valence-electron chi connectivity index (χ2n) is 3.84. The van der Waals surface area contributed by atoms with E-state index in [4.69, 9.17) is 14.2 Å². The molecule has 0 heterocycles. The van der Waals surface area contributed by atoms with Crippen LogP contribution >= 0.6 is 0 Å². The van der Waals surface area contributed by atoms with Crippen LogP contribution in [0.1, 0.15) is 47.0 Å². The van der Waals surface area contributed by atoms with Crippen LogP contribution in [0.4, 0.5) is 0 Å². The maximum Gasteiger partial charge on any atom is 0.308 e. The molecule has 0 aromatic heterocycles. The maximum absolute atomic E-state index is 10.2. The van der Waals surface area contributed by atoms with Crippen molar-refractivity contribution in [2.75, 3.05) is 19.8 Å². The second kappa shape index (κ2) is 11.6. The van der Waals surface area contributed by atoms with Crippen LogP contribution in [0.2, 0.25) is 0 Å². The van der Waals surface area contributed by atoms with Crippen molar-refractivity contribution in [1.29, 1.82) is 0 Å². The molecule has 1 unspecified atom stereocenters. The van der Waals surface area contributed by atoms with Crippen molar-refractivity contribution in [3.05, 3.63) is 0 Å². The molecule has 1 atom stereocenters. The fourth-order valence-corrected chi connectivity index (χ4v) is 1.17. The zero-order chi connectivity index (χ0) is 12.4. The van der Waals surface area contributed by atoms with Crippen LogP contribution in [0.5, 0.6) is 0 Å². The van der Waals surface area contributed by atoms with Gasteiger partial charge in [0.25, 0.3) is 0 Å². The van der Waals surface area contributed by atoms with E-state index in [2.05, 4.69) is 0 Å². The van der Waals surface area contributed by atoms with Crippen molar-refractivity contribution in [2.45, 2.75) is 59.0 Å². The Morgan fingerprint density at radius 2 is 1.35 bits per heavy atom. The fraction of sp³-hybridized carbons (Fsp3) is 1.00. The number of hydrogen-bond acceptors (Lipinski definition) is 4. The maximum atomic E-state index is 10.2. The number of ether oxygens (including phenoxy) is 3. The molecule has 0 rings (SSSR count). The van der Waals surface area contributed by atoms with E-state index in [1.807, 2.05) is 20.8 Å². The van der Waals surface area contributed by atoms with Gasteiger partial charge in [-0.15, -0.1) is 0 Å². The van der Waals surface area contributed by atoms with Crippen LogP contribution in [0, 0.1) is 0 Å². The summed E-state index contributed by atoms with van der Waals surface area (Å²) in [6.45, 7) is 9.26. The molecule has 0 radical (unpaired) electrons. The summed E-state index contributed by atoms with van der Waals surface area (Å²) < 4.78 is 16.1. The van der Waals surface area contributed by atoms with E-state index in [9.17, 15) is 5.11 Å². The minimum Gasteiger partial charge on any atom is -0.370 e. The van der Waals surface area contributed by atoms with Crippen molar-refractivity contribution >= 4 is 0 Å². The molecule has 0 aliphatic rings. The standard InChI is InChI=1S/C12H26O4.Ti/c1-5-8-14-11(4)12(13,15-9-6-2)16-10-7-3;/h11,13H,5-10H2,1-4H3;. The Morgan fingerprint density at radius 3 is 1.71 bits per heavy atom. The van der Waals surface area contributed by atoms with Gasteiger partial charge in [-0.1, -0.05) is 20.8 Å². The Morgan fingerprint density at radius 1 is 0.941 bits per heavy atom. The molecule has 0 aromatic rings. The van der Waals surface area contributed by atoms with E-state index in [0.717, 1.165) is 19.3 Å². The zero-order valence-electron chi connectivity index (χ0n) is 11.5. The summed E-state index contributed by atoms with van der Waals surface area (Å²) in [5.41, 5.74) is 0. The molecule has 0 bridgehead atoms. The summed E-state index contributed by atoms with van der Waals surface area (Å²) in [5.74, 6) is -1.61. The Labute approximate surface area is 120 Å². The zero-order valence-corrected chi connectivity index (χ0v) is 13.1. The molecule has 0 aliphatic heterocycles. The first kappa shape index (κ1) is 19.9. The van der Waals surface area contributed by atoms with Crippen molar-refractivity contribution < 1.29 is 41.0 Å². The molecular weight excluding hydrogens is 256 g/mol. The monoisotopic (exact) mass is 282 g/mol. The van der Waals surface area contributed by atoms with Crippen LogP contribution in [0.15, 0.2) is 0 Å². The van der Waals surface area contributed by atoms with E-state index in [1.165, 1.54) is 0 Å². The molecule has 0 spiro atoms. The largest absolute Gasteiger partial charge is 0.370 e. The molecule has 0 saturated carbocycles. The van der Waals surface area contributed by atoms with E-state index >= 15 is 0 Å². The predicted octanol–water partition coefficient (Wildman–Crippen LogP) is 2.30. The van der Waals surface area contributed by atoms with Crippen LogP contribution in [0.3, 0.4) is 0 Å². The SMILES string of the molecule is CCCOC(C)C(O)(OCCC)OCCC.[Ti]. The molecule has 0 amide bonds. The molecule has 5 heteroatoms. The molecule has 102 valence electrons. The van der Waals surface area contributed by atoms with Crippen molar-refractivity contribution in [1.82, 2.24) is 0 Å². The van der Waals surface area contributed by atoms with Crippen LogP contribution in [0.25, 0.3) is 0 Å². The summed E-state index contributed by atoms with van der Waals surface area (Å²) in [6.07, 6.45) is 2.09. The van der Waals surface area contributed by atoms with Gasteiger partial charge in [0.05, 0.1) is 13.2 Å². The van der Waals surface area contributed by atoms with Crippen LogP contribution in [-0.4, -0.2) is 37.0 Å². The summed E-state index contributed by atoms with van der Waals surface area (Å²) >= 11 is 0. The van der Waals surface area contributed by atoms with Gasteiger partial charge in [-0.05, 0) is 26.2 Å². The second-order valence-corrected chi connectivity index (χ2v) is 3.84. The van der Waals surface area contributed by atoms with Gasteiger partial charge in [0.1, 0.15) is 6.10 Å². The summed E-state index contributed by atoms with van der Waals surface area (Å²) in [6, 6.07) is 0. The summed E-state index contributed by atoms with van der Waals surface area (Å²) in [4.78, 5) is 0. The smallest absolute Gasteiger partial charge is 0.308 e. The molecule has 0 aromatic carbocycles. The first-order chi connectivity index (χ1) is 7.60. The molecule has 0 saturated heterocycles. The van der Waals surface area contributed by atoms with E-state index in [1.54, 1.807) is 6.92 Å². The minimum absolute atomic E-state index is 0. The van der Waals surface area contributed by atoms with Gasteiger partial charge in [-0.3, -0.25) is 0 Å².